The van der Waals surface area contributed by atoms with Gasteiger partial charge in [0.1, 0.15) is 0 Å². The predicted molar refractivity (Wildman–Crippen MR) is 53.7 cm³/mol. The number of rotatable bonds is 0. The van der Waals surface area contributed by atoms with E-state index in [4.69, 9.17) is 5.26 Å². The van der Waals surface area contributed by atoms with Crippen molar-refractivity contribution in [2.75, 3.05) is 0 Å². The van der Waals surface area contributed by atoms with Gasteiger partial charge in [0.25, 0.3) is 0 Å². The first-order valence-corrected chi connectivity index (χ1v) is 17.2. The molecule has 0 atom stereocenters. The molecule has 0 spiro atoms. The quantitative estimate of drug-likeness (QED) is 0.662. The standard InChI is InChI=1S/C8H7N.2BrH.Zn/c1-7-3-2-4-8(5-7)6-9;;;/h2-5H,1H3;2*1H;/q;;;+2/p-2. The first-order valence-electron chi connectivity index (χ1n) is 3.33. The van der Waals surface area contributed by atoms with E-state index >= 15 is 0 Å². The third kappa shape index (κ3) is 5.88. The van der Waals surface area contributed by atoms with E-state index in [0.717, 1.165) is 11.1 Å². The maximum absolute atomic E-state index is 8.41. The summed E-state index contributed by atoms with van der Waals surface area (Å²) < 4.78 is 0. The zero-order valence-corrected chi connectivity index (χ0v) is 12.9. The van der Waals surface area contributed by atoms with Gasteiger partial charge >= 0.3 is 40.5 Å². The summed E-state index contributed by atoms with van der Waals surface area (Å²) in [5.41, 5.74) is 1.86. The van der Waals surface area contributed by atoms with Crippen molar-refractivity contribution in [1.29, 1.82) is 5.26 Å². The van der Waals surface area contributed by atoms with Crippen molar-refractivity contribution in [2.24, 2.45) is 0 Å². The maximum atomic E-state index is 8.41. The van der Waals surface area contributed by atoms with Gasteiger partial charge in [0, 0.05) is 0 Å². The van der Waals surface area contributed by atoms with E-state index in [9.17, 15) is 0 Å². The van der Waals surface area contributed by atoms with Crippen molar-refractivity contribution >= 4 is 27.2 Å². The summed E-state index contributed by atoms with van der Waals surface area (Å²) in [6, 6.07) is 9.58. The summed E-state index contributed by atoms with van der Waals surface area (Å²) in [6.45, 7) is 1.97. The Labute approximate surface area is 93.5 Å². The van der Waals surface area contributed by atoms with Gasteiger partial charge in [-0.2, -0.15) is 5.26 Å². The Morgan fingerprint density at radius 3 is 2.33 bits per heavy atom. The van der Waals surface area contributed by atoms with Crippen molar-refractivity contribution in [3.05, 3.63) is 35.4 Å². The molecule has 0 saturated carbocycles. The Balaban J connectivity index is 0.000000354. The number of hydrogen-bond acceptors (Lipinski definition) is 1. The van der Waals surface area contributed by atoms with Gasteiger partial charge in [0.15, 0.2) is 0 Å². The van der Waals surface area contributed by atoms with Crippen LogP contribution in [0.3, 0.4) is 0 Å². The van der Waals surface area contributed by atoms with Gasteiger partial charge in [-0.05, 0) is 24.6 Å². The molecule has 0 amide bonds. The van der Waals surface area contributed by atoms with Crippen LogP contribution in [-0.4, -0.2) is 0 Å². The van der Waals surface area contributed by atoms with Crippen molar-refractivity contribution in [2.45, 2.75) is 6.92 Å². The molecule has 0 aliphatic heterocycles. The number of halogens is 2. The number of aryl methyl sites for hydroxylation is 1. The molecule has 4 heteroatoms. The van der Waals surface area contributed by atoms with Gasteiger partial charge < -0.3 is 0 Å². The fourth-order valence-corrected chi connectivity index (χ4v) is 0.715. The average molecular weight is 342 g/mol. The predicted octanol–water partition coefficient (Wildman–Crippen LogP) is 3.56. The SMILES string of the molecule is Cc1cccc(C#N)c1.[Br][Zn][Br]. The van der Waals surface area contributed by atoms with Crippen LogP contribution in [0, 0.1) is 18.3 Å². The summed E-state index contributed by atoms with van der Waals surface area (Å²) in [5.74, 6) is 0. The summed E-state index contributed by atoms with van der Waals surface area (Å²) in [7, 11) is 0. The number of benzene rings is 1. The fraction of sp³-hybridized carbons (Fsp3) is 0.125. The zero-order valence-electron chi connectivity index (χ0n) is 6.72. The normalized spacial score (nSPS) is 7.17. The van der Waals surface area contributed by atoms with E-state index < -0.39 is 0 Å². The summed E-state index contributed by atoms with van der Waals surface area (Å²) in [6.07, 6.45) is 0. The third-order valence-corrected chi connectivity index (χ3v) is 1.15. The topological polar surface area (TPSA) is 23.8 Å². The summed E-state index contributed by atoms with van der Waals surface area (Å²) >= 11 is 6.25. The monoisotopic (exact) mass is 339 g/mol. The van der Waals surface area contributed by atoms with Gasteiger partial charge in [-0.3, -0.25) is 0 Å². The molecule has 0 aromatic heterocycles. The molecule has 0 bridgehead atoms. The van der Waals surface area contributed by atoms with Gasteiger partial charge in [-0.1, -0.05) is 12.1 Å². The fourth-order valence-electron chi connectivity index (χ4n) is 0.715. The van der Waals surface area contributed by atoms with Crippen LogP contribution in [0.1, 0.15) is 11.1 Å². The summed E-state index contributed by atoms with van der Waals surface area (Å²) in [5, 5.41) is 8.41. The molecule has 0 heterocycles. The second-order valence-corrected chi connectivity index (χ2v) is 16.2. The minimum absolute atomic E-state index is 0.250. The van der Waals surface area contributed by atoms with Gasteiger partial charge in [0.2, 0.25) is 0 Å². The average Bonchev–Trinajstić information content (AvgIpc) is 2.06. The molecule has 0 aliphatic rings. The molecule has 0 N–H and O–H groups in total. The van der Waals surface area contributed by atoms with Crippen molar-refractivity contribution in [3.63, 3.8) is 0 Å². The van der Waals surface area contributed by atoms with Crippen LogP contribution in [0.4, 0.5) is 0 Å². The molecule has 1 nitrogen and oxygen atoms in total. The Hall–Kier alpha value is 0.293. The second kappa shape index (κ2) is 7.92. The van der Waals surface area contributed by atoms with Crippen LogP contribution in [0.25, 0.3) is 0 Å². The van der Waals surface area contributed by atoms with E-state index in [1.807, 2.05) is 25.1 Å². The van der Waals surface area contributed by atoms with Crippen LogP contribution in [0.15, 0.2) is 24.3 Å². The molecule has 0 radical (unpaired) electrons. The Morgan fingerprint density at radius 2 is 2.00 bits per heavy atom. The number of nitriles is 1. The van der Waals surface area contributed by atoms with E-state index in [0.29, 0.717) is 0 Å². The van der Waals surface area contributed by atoms with Crippen LogP contribution in [0.2, 0.25) is 0 Å². The van der Waals surface area contributed by atoms with E-state index in [2.05, 4.69) is 33.3 Å². The van der Waals surface area contributed by atoms with Crippen LogP contribution in [-0.2, 0) is 13.2 Å². The first-order chi connectivity index (χ1) is 5.74. The van der Waals surface area contributed by atoms with Gasteiger partial charge in [0.05, 0.1) is 11.6 Å². The number of nitrogens with zero attached hydrogens (tertiary/aromatic N) is 1. The first kappa shape index (κ1) is 12.3. The molecule has 1 aromatic carbocycles. The van der Waals surface area contributed by atoms with E-state index in [1.165, 1.54) is 0 Å². The Kier molecular flexibility index (Phi) is 8.11. The second-order valence-electron chi connectivity index (χ2n) is 2.08. The number of hydrogen-bond donors (Lipinski definition) is 0. The zero-order chi connectivity index (χ0) is 9.40. The van der Waals surface area contributed by atoms with Crippen LogP contribution in [0.5, 0.6) is 0 Å². The van der Waals surface area contributed by atoms with E-state index in [1.54, 1.807) is 6.07 Å². The molecule has 0 unspecified atom stereocenters. The molecule has 1 rings (SSSR count). The van der Waals surface area contributed by atoms with E-state index in [-0.39, 0.29) is 13.2 Å². The summed E-state index contributed by atoms with van der Waals surface area (Å²) in [4.78, 5) is 0. The molecular weight excluding hydrogens is 335 g/mol. The molecule has 0 saturated heterocycles. The Morgan fingerprint density at radius 1 is 1.42 bits per heavy atom. The molecule has 1 aromatic rings. The van der Waals surface area contributed by atoms with Crippen LogP contribution < -0.4 is 0 Å². The Bertz CT molecular complexity index is 270. The molecule has 12 heavy (non-hydrogen) atoms. The van der Waals surface area contributed by atoms with Gasteiger partial charge in [-0.25, -0.2) is 0 Å². The molecular formula is C8H7Br2NZn. The molecule has 0 fully saturated rings. The van der Waals surface area contributed by atoms with Crippen molar-refractivity contribution in [1.82, 2.24) is 0 Å². The minimum atomic E-state index is -0.250. The van der Waals surface area contributed by atoms with Crippen LogP contribution >= 0.6 is 27.2 Å². The molecule has 0 aliphatic carbocycles. The van der Waals surface area contributed by atoms with Gasteiger partial charge in [-0.15, -0.1) is 0 Å². The van der Waals surface area contributed by atoms with Crippen molar-refractivity contribution < 1.29 is 13.2 Å². The molecule has 60 valence electrons. The third-order valence-electron chi connectivity index (χ3n) is 1.15. The van der Waals surface area contributed by atoms with Crippen molar-refractivity contribution in [3.8, 4) is 6.07 Å².